The average molecular weight is 451 g/mol. The van der Waals surface area contributed by atoms with Crippen LogP contribution in [0.25, 0.3) is 0 Å². The average Bonchev–Trinajstić information content (AvgIpc) is 2.84. The summed E-state index contributed by atoms with van der Waals surface area (Å²) < 4.78 is 5.50. The molecule has 1 aromatic carbocycles. The highest BCUT2D eigenvalue weighted by Gasteiger charge is 2.23. The molecular weight excluding hydrogens is 416 g/mol. The van der Waals surface area contributed by atoms with Crippen LogP contribution in [0.5, 0.6) is 5.75 Å². The van der Waals surface area contributed by atoms with Crippen LogP contribution in [0.3, 0.4) is 0 Å². The summed E-state index contributed by atoms with van der Waals surface area (Å²) in [7, 11) is 0. The van der Waals surface area contributed by atoms with Gasteiger partial charge in [0.15, 0.2) is 0 Å². The van der Waals surface area contributed by atoms with Gasteiger partial charge in [0.25, 0.3) is 0 Å². The number of piperidine rings is 1. The van der Waals surface area contributed by atoms with Gasteiger partial charge in [0.05, 0.1) is 18.0 Å². The zero-order valence-electron chi connectivity index (χ0n) is 19.4. The van der Waals surface area contributed by atoms with E-state index in [2.05, 4.69) is 26.0 Å². The van der Waals surface area contributed by atoms with E-state index < -0.39 is 12.0 Å². The quantitative estimate of drug-likeness (QED) is 0.199. The molecule has 1 atom stereocenters. The molecule has 0 bridgehead atoms. The zero-order valence-corrected chi connectivity index (χ0v) is 19.4. The van der Waals surface area contributed by atoms with Crippen LogP contribution in [-0.2, 0) is 11.3 Å². The Kier molecular flexibility index (Phi) is 9.09. The van der Waals surface area contributed by atoms with Crippen molar-refractivity contribution in [1.29, 1.82) is 0 Å². The summed E-state index contributed by atoms with van der Waals surface area (Å²) in [4.78, 5) is 23.2. The number of nitrogens with zero attached hydrogens (tertiary/aromatic N) is 4. The molecule has 3 rings (SSSR count). The molecule has 0 saturated carbocycles. The van der Waals surface area contributed by atoms with E-state index >= 15 is 0 Å². The molecule has 0 aliphatic carbocycles. The number of carbonyl (C=O) groups excluding carboxylic acids is 1. The van der Waals surface area contributed by atoms with Gasteiger partial charge in [-0.2, -0.15) is 5.10 Å². The first-order chi connectivity index (χ1) is 16.0. The highest BCUT2D eigenvalue weighted by atomic mass is 16.5. The van der Waals surface area contributed by atoms with Gasteiger partial charge in [0.2, 0.25) is 0 Å². The molecule has 4 N–H and O–H groups in total. The largest absolute Gasteiger partial charge is 0.425 e. The molecule has 0 amide bonds. The fourth-order valence-electron chi connectivity index (χ4n) is 3.79. The summed E-state index contributed by atoms with van der Waals surface area (Å²) in [5.74, 6) is 6.19. The molecule has 1 aromatic heterocycles. The molecule has 8 nitrogen and oxygen atoms in total. The van der Waals surface area contributed by atoms with E-state index in [0.717, 1.165) is 37.3 Å². The summed E-state index contributed by atoms with van der Waals surface area (Å²) in [6, 6.07) is 12.9. The standard InChI is InChI=1S/C25H34N6O2/c1-18(2)24(26)25(32)33-23-8-5-6-20(14-23)19-9-12-31(13-10-19)17-22(30-27)16-28-15-21-7-3-4-11-29-21/h3-8,11,14,16,18-19,24H,9-10,12-13,15,17,26-27H2,1-2H3/t24-/m0/s1. The van der Waals surface area contributed by atoms with Gasteiger partial charge >= 0.3 is 5.97 Å². The minimum Gasteiger partial charge on any atom is -0.425 e. The number of carbonyl (C=O) groups is 1. The monoisotopic (exact) mass is 450 g/mol. The van der Waals surface area contributed by atoms with E-state index in [1.54, 1.807) is 18.5 Å². The number of aromatic nitrogens is 1. The van der Waals surface area contributed by atoms with Gasteiger partial charge in [-0.15, -0.1) is 0 Å². The van der Waals surface area contributed by atoms with E-state index in [4.69, 9.17) is 16.3 Å². The Morgan fingerprint density at radius 2 is 2.03 bits per heavy atom. The highest BCUT2D eigenvalue weighted by molar-refractivity contribution is 6.31. The SMILES string of the molecule is CC(C)[C@H](N)C(=O)Oc1cccc(C2CCN(CC(C=NCc3ccccn3)=NN)CC2)c1. The van der Waals surface area contributed by atoms with Gasteiger partial charge in [-0.3, -0.25) is 14.9 Å². The van der Waals surface area contributed by atoms with Crippen LogP contribution in [0.4, 0.5) is 0 Å². The van der Waals surface area contributed by atoms with Crippen molar-refractivity contribution in [3.05, 3.63) is 59.9 Å². The molecule has 1 fully saturated rings. The Morgan fingerprint density at radius 3 is 2.70 bits per heavy atom. The van der Waals surface area contributed by atoms with Gasteiger partial charge in [0, 0.05) is 19.0 Å². The number of aliphatic imine (C=N–C) groups is 1. The molecule has 8 heteroatoms. The second-order valence-electron chi connectivity index (χ2n) is 8.73. The van der Waals surface area contributed by atoms with Gasteiger partial charge in [-0.05, 0) is 67.6 Å². The number of nitrogens with two attached hydrogens (primary N) is 2. The van der Waals surface area contributed by atoms with Crippen LogP contribution in [-0.4, -0.2) is 53.5 Å². The number of esters is 1. The van der Waals surface area contributed by atoms with Crippen molar-refractivity contribution in [2.24, 2.45) is 27.6 Å². The molecular formula is C25H34N6O2. The predicted octanol–water partition coefficient (Wildman–Crippen LogP) is 2.74. The molecule has 0 unspecified atom stereocenters. The number of hydrazone groups is 1. The van der Waals surface area contributed by atoms with Crippen molar-refractivity contribution in [1.82, 2.24) is 9.88 Å². The minimum atomic E-state index is -0.622. The van der Waals surface area contributed by atoms with Crippen LogP contribution in [0.2, 0.25) is 0 Å². The van der Waals surface area contributed by atoms with Crippen LogP contribution in [0, 0.1) is 5.92 Å². The van der Waals surface area contributed by atoms with Crippen molar-refractivity contribution in [3.8, 4) is 5.75 Å². The van der Waals surface area contributed by atoms with Crippen LogP contribution >= 0.6 is 0 Å². The summed E-state index contributed by atoms with van der Waals surface area (Å²) >= 11 is 0. The molecule has 176 valence electrons. The second-order valence-corrected chi connectivity index (χ2v) is 8.73. The Balaban J connectivity index is 1.49. The van der Waals surface area contributed by atoms with Crippen LogP contribution in [0.1, 0.15) is 43.9 Å². The Labute approximate surface area is 195 Å². The van der Waals surface area contributed by atoms with Crippen LogP contribution < -0.4 is 16.3 Å². The van der Waals surface area contributed by atoms with E-state index in [1.807, 2.05) is 44.2 Å². The second kappa shape index (κ2) is 12.2. The molecule has 33 heavy (non-hydrogen) atoms. The third-order valence-corrected chi connectivity index (χ3v) is 5.90. The first-order valence-corrected chi connectivity index (χ1v) is 11.4. The first-order valence-electron chi connectivity index (χ1n) is 11.4. The number of ether oxygens (including phenoxy) is 1. The number of hydrogen-bond donors (Lipinski definition) is 2. The van der Waals surface area contributed by atoms with Crippen LogP contribution in [0.15, 0.2) is 58.8 Å². The van der Waals surface area contributed by atoms with E-state index in [0.29, 0.717) is 24.8 Å². The molecule has 0 radical (unpaired) electrons. The summed E-state index contributed by atoms with van der Waals surface area (Å²) in [5, 5.41) is 3.90. The maximum Gasteiger partial charge on any atom is 0.328 e. The van der Waals surface area contributed by atoms with Crippen molar-refractivity contribution in [3.63, 3.8) is 0 Å². The fraction of sp³-hybridized carbons (Fsp3) is 0.440. The number of likely N-dealkylation sites (tertiary alicyclic amines) is 1. The van der Waals surface area contributed by atoms with Crippen molar-refractivity contribution in [2.75, 3.05) is 19.6 Å². The highest BCUT2D eigenvalue weighted by Crippen LogP contribution is 2.30. The summed E-state index contributed by atoms with van der Waals surface area (Å²) in [6.45, 7) is 6.84. The zero-order chi connectivity index (χ0) is 23.6. The number of hydrogen-bond acceptors (Lipinski definition) is 8. The van der Waals surface area contributed by atoms with Gasteiger partial charge in [-0.25, -0.2) is 4.79 Å². The lowest BCUT2D eigenvalue weighted by molar-refractivity contribution is -0.136. The van der Waals surface area contributed by atoms with Gasteiger partial charge in [0.1, 0.15) is 11.8 Å². The Hall–Kier alpha value is -3.10. The fourth-order valence-corrected chi connectivity index (χ4v) is 3.79. The molecule has 1 aliphatic rings. The molecule has 2 heterocycles. The van der Waals surface area contributed by atoms with Crippen molar-refractivity contribution < 1.29 is 9.53 Å². The maximum absolute atomic E-state index is 12.2. The molecule has 0 spiro atoms. The van der Waals surface area contributed by atoms with E-state index in [-0.39, 0.29) is 5.92 Å². The number of rotatable bonds is 9. The third kappa shape index (κ3) is 7.47. The van der Waals surface area contributed by atoms with Crippen molar-refractivity contribution >= 4 is 17.9 Å². The molecule has 1 aliphatic heterocycles. The van der Waals surface area contributed by atoms with Gasteiger partial charge in [-0.1, -0.05) is 32.0 Å². The lowest BCUT2D eigenvalue weighted by Gasteiger charge is -2.32. The lowest BCUT2D eigenvalue weighted by atomic mass is 9.89. The topological polar surface area (TPSA) is 119 Å². The molecule has 1 saturated heterocycles. The number of benzene rings is 1. The van der Waals surface area contributed by atoms with E-state index in [9.17, 15) is 4.79 Å². The predicted molar refractivity (Wildman–Crippen MR) is 131 cm³/mol. The summed E-state index contributed by atoms with van der Waals surface area (Å²) in [6.07, 6.45) is 5.51. The normalized spacial score (nSPS) is 16.9. The molecule has 2 aromatic rings. The summed E-state index contributed by atoms with van der Waals surface area (Å²) in [5.41, 5.74) is 8.74. The lowest BCUT2D eigenvalue weighted by Crippen LogP contribution is -2.38. The first kappa shape index (κ1) is 24.5. The third-order valence-electron chi connectivity index (χ3n) is 5.90. The minimum absolute atomic E-state index is 0.0343. The Bertz CT molecular complexity index is 952. The number of pyridine rings is 1. The van der Waals surface area contributed by atoms with Crippen molar-refractivity contribution in [2.45, 2.75) is 45.2 Å². The van der Waals surface area contributed by atoms with Gasteiger partial charge < -0.3 is 16.3 Å². The smallest absolute Gasteiger partial charge is 0.328 e. The Morgan fingerprint density at radius 1 is 1.24 bits per heavy atom. The van der Waals surface area contributed by atoms with E-state index in [1.165, 1.54) is 5.56 Å². The maximum atomic E-state index is 12.2.